The highest BCUT2D eigenvalue weighted by atomic mass is 16.5. The molecule has 5 rings (SSSR count). The standard InChI is InChI=1S/C22H24N8O3/c1-24-15(31)9-33-14-4-2-3-13(8-14)27-22-29-20-18(25-10-26-20)21(30-22)28-17-12-6-5-11(7-12)16(17)19(23)32/h2-6,8,10-12,16-17H,7,9H2,1H3,(H2,23,32)(H,24,31)(H3,25,26,27,28,29,30)/t11-,12-,16-,17+/m0/s1. The Kier molecular flexibility index (Phi) is 5.29. The number of primary amides is 1. The number of hydrogen-bond acceptors (Lipinski definition) is 8. The van der Waals surface area contributed by atoms with Gasteiger partial charge in [-0.3, -0.25) is 9.59 Å². The van der Waals surface area contributed by atoms with E-state index >= 15 is 0 Å². The van der Waals surface area contributed by atoms with Crippen molar-refractivity contribution in [3.05, 3.63) is 42.7 Å². The van der Waals surface area contributed by atoms with Crippen LogP contribution in [0.4, 0.5) is 17.5 Å². The fraction of sp³-hybridized carbons (Fsp3) is 0.318. The molecule has 1 fully saturated rings. The number of nitrogens with one attached hydrogen (secondary N) is 4. The van der Waals surface area contributed by atoms with Crippen LogP contribution in [0, 0.1) is 17.8 Å². The van der Waals surface area contributed by atoms with Crippen LogP contribution < -0.4 is 26.4 Å². The number of ether oxygens (including phenoxy) is 1. The number of likely N-dealkylation sites (N-methyl/N-ethyl adjacent to an activating group) is 1. The molecule has 0 aliphatic heterocycles. The largest absolute Gasteiger partial charge is 0.484 e. The summed E-state index contributed by atoms with van der Waals surface area (Å²) in [5.41, 5.74) is 7.52. The third kappa shape index (κ3) is 4.04. The van der Waals surface area contributed by atoms with Gasteiger partial charge in [-0.1, -0.05) is 18.2 Å². The van der Waals surface area contributed by atoms with E-state index in [0.29, 0.717) is 34.4 Å². The molecule has 2 amide bonds. The van der Waals surface area contributed by atoms with Gasteiger partial charge in [0.2, 0.25) is 11.9 Å². The Morgan fingerprint density at radius 2 is 2.09 bits per heavy atom. The first-order valence-electron chi connectivity index (χ1n) is 10.7. The molecule has 0 saturated heterocycles. The van der Waals surface area contributed by atoms with Crippen LogP contribution in [-0.4, -0.2) is 51.4 Å². The van der Waals surface area contributed by atoms with Gasteiger partial charge in [-0.25, -0.2) is 4.98 Å². The fourth-order valence-corrected chi connectivity index (χ4v) is 4.57. The first kappa shape index (κ1) is 20.7. The summed E-state index contributed by atoms with van der Waals surface area (Å²) in [5.74, 6) is 0.941. The van der Waals surface area contributed by atoms with Gasteiger partial charge in [0.25, 0.3) is 5.91 Å². The molecule has 2 heterocycles. The van der Waals surface area contributed by atoms with E-state index in [2.05, 4.69) is 48.0 Å². The Bertz CT molecular complexity index is 1240. The first-order valence-corrected chi connectivity index (χ1v) is 10.7. The number of anilines is 3. The number of amides is 2. The van der Waals surface area contributed by atoms with Crippen molar-refractivity contribution in [2.24, 2.45) is 23.5 Å². The number of aromatic amines is 1. The summed E-state index contributed by atoms with van der Waals surface area (Å²) < 4.78 is 5.50. The maximum Gasteiger partial charge on any atom is 0.257 e. The van der Waals surface area contributed by atoms with Crippen LogP contribution in [-0.2, 0) is 9.59 Å². The lowest BCUT2D eigenvalue weighted by molar-refractivity contribution is -0.123. The van der Waals surface area contributed by atoms with Crippen molar-refractivity contribution in [2.45, 2.75) is 12.5 Å². The third-order valence-corrected chi connectivity index (χ3v) is 6.12. The van der Waals surface area contributed by atoms with E-state index in [1.165, 1.54) is 0 Å². The van der Waals surface area contributed by atoms with Gasteiger partial charge in [0.05, 0.1) is 12.2 Å². The topological polar surface area (TPSA) is 160 Å². The van der Waals surface area contributed by atoms with Gasteiger partial charge in [0, 0.05) is 24.8 Å². The minimum Gasteiger partial charge on any atom is -0.484 e. The molecule has 11 nitrogen and oxygen atoms in total. The number of carbonyl (C=O) groups excluding carboxylic acids is 2. The van der Waals surface area contributed by atoms with Crippen molar-refractivity contribution in [1.82, 2.24) is 25.3 Å². The maximum atomic E-state index is 12.1. The number of rotatable bonds is 8. The summed E-state index contributed by atoms with van der Waals surface area (Å²) in [7, 11) is 1.55. The summed E-state index contributed by atoms with van der Waals surface area (Å²) in [5, 5.41) is 9.10. The number of aromatic nitrogens is 4. The lowest BCUT2D eigenvalue weighted by Crippen LogP contribution is -2.41. The van der Waals surface area contributed by atoms with Crippen molar-refractivity contribution in [1.29, 1.82) is 0 Å². The maximum absolute atomic E-state index is 12.1. The number of fused-ring (bicyclic) bond motifs is 3. The quantitative estimate of drug-likeness (QED) is 0.322. The molecule has 2 bridgehead atoms. The molecule has 4 atom stereocenters. The summed E-state index contributed by atoms with van der Waals surface area (Å²) >= 11 is 0. The van der Waals surface area contributed by atoms with E-state index in [4.69, 9.17) is 10.5 Å². The molecule has 33 heavy (non-hydrogen) atoms. The summed E-state index contributed by atoms with van der Waals surface area (Å²) in [6.07, 6.45) is 6.66. The van der Waals surface area contributed by atoms with E-state index in [1.54, 1.807) is 31.6 Å². The number of nitrogens with two attached hydrogens (primary N) is 1. The molecule has 2 aromatic heterocycles. The van der Waals surface area contributed by atoms with Crippen molar-refractivity contribution in [2.75, 3.05) is 24.3 Å². The van der Waals surface area contributed by atoms with Crippen LogP contribution in [0.25, 0.3) is 11.2 Å². The predicted molar refractivity (Wildman–Crippen MR) is 122 cm³/mol. The van der Waals surface area contributed by atoms with E-state index in [-0.39, 0.29) is 42.2 Å². The lowest BCUT2D eigenvalue weighted by atomic mass is 9.88. The zero-order chi connectivity index (χ0) is 22.9. The minimum atomic E-state index is -0.314. The van der Waals surface area contributed by atoms with Gasteiger partial charge < -0.3 is 31.4 Å². The van der Waals surface area contributed by atoms with Gasteiger partial charge >= 0.3 is 0 Å². The van der Waals surface area contributed by atoms with Gasteiger partial charge in [-0.05, 0) is 30.4 Å². The fourth-order valence-electron chi connectivity index (χ4n) is 4.57. The van der Waals surface area contributed by atoms with Gasteiger partial charge in [-0.15, -0.1) is 0 Å². The number of benzene rings is 1. The Balaban J connectivity index is 1.39. The zero-order valence-electron chi connectivity index (χ0n) is 17.9. The number of hydrogen-bond donors (Lipinski definition) is 5. The second-order valence-corrected chi connectivity index (χ2v) is 8.16. The molecule has 0 radical (unpaired) electrons. The molecule has 6 N–H and O–H groups in total. The number of imidazole rings is 1. The molecule has 11 heteroatoms. The van der Waals surface area contributed by atoms with Crippen LogP contribution in [0.2, 0.25) is 0 Å². The van der Waals surface area contributed by atoms with Gasteiger partial charge in [0.15, 0.2) is 18.1 Å². The highest BCUT2D eigenvalue weighted by Gasteiger charge is 2.47. The average Bonchev–Trinajstić information content (AvgIpc) is 3.54. The predicted octanol–water partition coefficient (Wildman–Crippen LogP) is 1.31. The average molecular weight is 448 g/mol. The molecule has 2 aliphatic carbocycles. The lowest BCUT2D eigenvalue weighted by Gasteiger charge is -2.27. The summed E-state index contributed by atoms with van der Waals surface area (Å²) in [6, 6.07) is 6.99. The Hall–Kier alpha value is -4.15. The number of H-pyrrole nitrogens is 1. The van der Waals surface area contributed by atoms with Crippen LogP contribution in [0.3, 0.4) is 0 Å². The zero-order valence-corrected chi connectivity index (χ0v) is 17.9. The Morgan fingerprint density at radius 3 is 2.91 bits per heavy atom. The molecular formula is C22H24N8O3. The Labute approximate surface area is 189 Å². The SMILES string of the molecule is CNC(=O)COc1cccc(Nc2nc(N[C@H]3[C@@H](C(N)=O)[C@H]4C=C[C@H]3C4)c3[nH]cnc3n2)c1. The van der Waals surface area contributed by atoms with Crippen LogP contribution in [0.15, 0.2) is 42.7 Å². The molecule has 0 spiro atoms. The first-order chi connectivity index (χ1) is 16.0. The van der Waals surface area contributed by atoms with Crippen molar-refractivity contribution in [3.63, 3.8) is 0 Å². The van der Waals surface area contributed by atoms with Crippen LogP contribution in [0.5, 0.6) is 5.75 Å². The normalized spacial score (nSPS) is 22.9. The molecule has 2 aliphatic rings. The second kappa shape index (κ2) is 8.41. The highest BCUT2D eigenvalue weighted by Crippen LogP contribution is 2.45. The van der Waals surface area contributed by atoms with Gasteiger partial charge in [0.1, 0.15) is 11.3 Å². The van der Waals surface area contributed by atoms with Crippen LogP contribution in [0.1, 0.15) is 6.42 Å². The van der Waals surface area contributed by atoms with E-state index < -0.39 is 0 Å². The van der Waals surface area contributed by atoms with Crippen molar-refractivity contribution in [3.8, 4) is 5.75 Å². The molecule has 3 aromatic rings. The molecule has 0 unspecified atom stereocenters. The van der Waals surface area contributed by atoms with E-state index in [9.17, 15) is 9.59 Å². The van der Waals surface area contributed by atoms with Crippen LogP contribution >= 0.6 is 0 Å². The third-order valence-electron chi connectivity index (χ3n) is 6.12. The molecule has 1 aromatic carbocycles. The molecule has 170 valence electrons. The minimum absolute atomic E-state index is 0.0806. The van der Waals surface area contributed by atoms with E-state index in [0.717, 1.165) is 6.42 Å². The molecule has 1 saturated carbocycles. The number of carbonyl (C=O) groups is 2. The Morgan fingerprint density at radius 1 is 1.24 bits per heavy atom. The molecular weight excluding hydrogens is 424 g/mol. The smallest absolute Gasteiger partial charge is 0.257 e. The summed E-state index contributed by atoms with van der Waals surface area (Å²) in [6.45, 7) is -0.0806. The van der Waals surface area contributed by atoms with Crippen molar-refractivity contribution >= 4 is 40.4 Å². The van der Waals surface area contributed by atoms with Crippen molar-refractivity contribution < 1.29 is 14.3 Å². The second-order valence-electron chi connectivity index (χ2n) is 8.16. The number of allylic oxidation sites excluding steroid dienone is 1. The number of nitrogens with zero attached hydrogens (tertiary/aromatic N) is 3. The summed E-state index contributed by atoms with van der Waals surface area (Å²) in [4.78, 5) is 40.0. The monoisotopic (exact) mass is 448 g/mol. The highest BCUT2D eigenvalue weighted by molar-refractivity contribution is 5.85. The van der Waals surface area contributed by atoms with Gasteiger partial charge in [-0.2, -0.15) is 9.97 Å². The van der Waals surface area contributed by atoms with E-state index in [1.807, 2.05) is 6.07 Å².